The first-order chi connectivity index (χ1) is 8.61. The molecule has 18 heavy (non-hydrogen) atoms. The van der Waals surface area contributed by atoms with Gasteiger partial charge in [-0.3, -0.25) is 0 Å². The van der Waals surface area contributed by atoms with Crippen LogP contribution in [-0.2, 0) is 0 Å². The molecule has 1 saturated heterocycles. The lowest BCUT2D eigenvalue weighted by molar-refractivity contribution is -0.914. The topological polar surface area (TPSA) is 9.23 Å². The van der Waals surface area contributed by atoms with Gasteiger partial charge in [-0.2, -0.15) is 0 Å². The van der Waals surface area contributed by atoms with E-state index in [-0.39, 0.29) is 5.82 Å². The third-order valence-electron chi connectivity index (χ3n) is 3.94. The molecular formula is C15H23FNO+. The fourth-order valence-corrected chi connectivity index (χ4v) is 2.67. The van der Waals surface area contributed by atoms with Crippen molar-refractivity contribution < 1.29 is 13.6 Å². The highest BCUT2D eigenvalue weighted by atomic mass is 19.1. The zero-order chi connectivity index (χ0) is 13.0. The molecule has 0 aliphatic carbocycles. The van der Waals surface area contributed by atoms with Crippen LogP contribution in [-0.4, -0.2) is 37.8 Å². The van der Waals surface area contributed by atoms with Gasteiger partial charge in [0.25, 0.3) is 0 Å². The number of benzene rings is 1. The Morgan fingerprint density at radius 3 is 2.61 bits per heavy atom. The second-order valence-electron chi connectivity index (χ2n) is 5.59. The molecule has 3 heteroatoms. The summed E-state index contributed by atoms with van der Waals surface area (Å²) in [4.78, 5) is 0. The van der Waals surface area contributed by atoms with Crippen LogP contribution in [0.3, 0.4) is 0 Å². The molecule has 1 heterocycles. The zero-order valence-corrected chi connectivity index (χ0v) is 11.4. The second kappa shape index (κ2) is 5.70. The molecule has 1 fully saturated rings. The molecule has 0 bridgehead atoms. The molecule has 1 aliphatic rings. The number of quaternary nitrogens is 1. The van der Waals surface area contributed by atoms with E-state index in [0.29, 0.717) is 12.4 Å². The molecule has 0 radical (unpaired) electrons. The Hall–Kier alpha value is -1.09. The van der Waals surface area contributed by atoms with Gasteiger partial charge in [0.2, 0.25) is 0 Å². The minimum atomic E-state index is -0.253. The molecule has 0 atom stereocenters. The van der Waals surface area contributed by atoms with Crippen LogP contribution in [0.1, 0.15) is 24.8 Å². The third kappa shape index (κ3) is 3.22. The Bertz CT molecular complexity index is 379. The van der Waals surface area contributed by atoms with Crippen LogP contribution in [0, 0.1) is 12.7 Å². The Balaban J connectivity index is 1.88. The van der Waals surface area contributed by atoms with Crippen LogP contribution in [0.5, 0.6) is 5.75 Å². The summed E-state index contributed by atoms with van der Waals surface area (Å²) in [6.45, 7) is 5.89. The number of rotatable bonds is 4. The molecule has 0 saturated carbocycles. The first-order valence-electron chi connectivity index (χ1n) is 6.82. The Labute approximate surface area is 109 Å². The van der Waals surface area contributed by atoms with Crippen molar-refractivity contribution in [2.75, 3.05) is 33.3 Å². The number of nitrogens with zero attached hydrogens (tertiary/aromatic N) is 1. The number of aryl methyl sites for hydroxylation is 1. The second-order valence-corrected chi connectivity index (χ2v) is 5.59. The van der Waals surface area contributed by atoms with Crippen LogP contribution < -0.4 is 4.74 Å². The lowest BCUT2D eigenvalue weighted by Crippen LogP contribution is -2.50. The predicted octanol–water partition coefficient (Wildman–Crippen LogP) is 3.14. The maximum absolute atomic E-state index is 13.6. The van der Waals surface area contributed by atoms with Gasteiger partial charge in [0.1, 0.15) is 13.2 Å². The van der Waals surface area contributed by atoms with Crippen molar-refractivity contribution in [3.8, 4) is 5.75 Å². The molecule has 0 spiro atoms. The van der Waals surface area contributed by atoms with Crippen molar-refractivity contribution in [3.63, 3.8) is 0 Å². The third-order valence-corrected chi connectivity index (χ3v) is 3.94. The van der Waals surface area contributed by atoms with Crippen LogP contribution in [0.2, 0.25) is 0 Å². The van der Waals surface area contributed by atoms with Gasteiger partial charge >= 0.3 is 0 Å². The van der Waals surface area contributed by atoms with E-state index in [1.807, 2.05) is 13.0 Å². The van der Waals surface area contributed by atoms with E-state index < -0.39 is 0 Å². The fraction of sp³-hybridized carbons (Fsp3) is 0.600. The summed E-state index contributed by atoms with van der Waals surface area (Å²) in [5.74, 6) is 0.164. The molecule has 2 rings (SSSR count). The number of hydrogen-bond donors (Lipinski definition) is 0. The number of likely N-dealkylation sites (tertiary alicyclic amines) is 1. The summed E-state index contributed by atoms with van der Waals surface area (Å²) in [6.07, 6.45) is 3.95. The maximum Gasteiger partial charge on any atom is 0.165 e. The SMILES string of the molecule is Cc1cccc(F)c1OCC[N+]1(C)CCCCC1. The molecule has 1 aromatic carbocycles. The van der Waals surface area contributed by atoms with Gasteiger partial charge in [0, 0.05) is 0 Å². The van der Waals surface area contributed by atoms with E-state index in [1.54, 1.807) is 6.07 Å². The molecule has 1 aromatic rings. The lowest BCUT2D eigenvalue weighted by Gasteiger charge is -2.37. The summed E-state index contributed by atoms with van der Waals surface area (Å²) in [5, 5.41) is 0. The van der Waals surface area contributed by atoms with Gasteiger partial charge in [-0.05, 0) is 37.8 Å². The minimum Gasteiger partial charge on any atom is -0.484 e. The van der Waals surface area contributed by atoms with Crippen LogP contribution in [0.15, 0.2) is 18.2 Å². The molecule has 0 N–H and O–H groups in total. The molecular weight excluding hydrogens is 229 g/mol. The van der Waals surface area contributed by atoms with E-state index in [0.717, 1.165) is 16.6 Å². The van der Waals surface area contributed by atoms with E-state index in [9.17, 15) is 4.39 Å². The van der Waals surface area contributed by atoms with Gasteiger partial charge in [0.05, 0.1) is 20.1 Å². The predicted molar refractivity (Wildman–Crippen MR) is 71.3 cm³/mol. The quantitative estimate of drug-likeness (QED) is 0.748. The van der Waals surface area contributed by atoms with Crippen molar-refractivity contribution in [2.45, 2.75) is 26.2 Å². The normalized spacial score (nSPS) is 18.6. The first kappa shape index (κ1) is 13.3. The van der Waals surface area contributed by atoms with Gasteiger partial charge in [0.15, 0.2) is 11.6 Å². The summed E-state index contributed by atoms with van der Waals surface area (Å²) in [7, 11) is 2.27. The highest BCUT2D eigenvalue weighted by Gasteiger charge is 2.24. The maximum atomic E-state index is 13.6. The Kier molecular flexibility index (Phi) is 4.23. The summed E-state index contributed by atoms with van der Waals surface area (Å²) >= 11 is 0. The molecule has 0 unspecified atom stereocenters. The molecule has 2 nitrogen and oxygen atoms in total. The number of para-hydroxylation sites is 1. The fourth-order valence-electron chi connectivity index (χ4n) is 2.67. The van der Waals surface area contributed by atoms with Crippen molar-refractivity contribution in [2.24, 2.45) is 0 Å². The van der Waals surface area contributed by atoms with Crippen molar-refractivity contribution in [3.05, 3.63) is 29.6 Å². The molecule has 0 amide bonds. The zero-order valence-electron chi connectivity index (χ0n) is 11.4. The van der Waals surface area contributed by atoms with E-state index in [4.69, 9.17) is 4.74 Å². The number of halogens is 1. The molecule has 0 aromatic heterocycles. The van der Waals surface area contributed by atoms with Gasteiger partial charge in [-0.1, -0.05) is 12.1 Å². The Morgan fingerprint density at radius 1 is 1.22 bits per heavy atom. The molecule has 100 valence electrons. The number of ether oxygens (including phenoxy) is 1. The highest BCUT2D eigenvalue weighted by Crippen LogP contribution is 2.22. The van der Waals surface area contributed by atoms with Crippen molar-refractivity contribution >= 4 is 0 Å². The average Bonchev–Trinajstić information content (AvgIpc) is 2.34. The highest BCUT2D eigenvalue weighted by molar-refractivity contribution is 5.33. The summed E-state index contributed by atoms with van der Waals surface area (Å²) < 4.78 is 20.3. The van der Waals surface area contributed by atoms with Crippen LogP contribution in [0.25, 0.3) is 0 Å². The van der Waals surface area contributed by atoms with Gasteiger partial charge in [-0.15, -0.1) is 0 Å². The number of piperidine rings is 1. The Morgan fingerprint density at radius 2 is 1.94 bits per heavy atom. The van der Waals surface area contributed by atoms with E-state index >= 15 is 0 Å². The first-order valence-corrected chi connectivity index (χ1v) is 6.82. The number of hydrogen-bond acceptors (Lipinski definition) is 1. The number of likely N-dealkylation sites (N-methyl/N-ethyl adjacent to an activating group) is 1. The van der Waals surface area contributed by atoms with Gasteiger partial charge < -0.3 is 9.22 Å². The van der Waals surface area contributed by atoms with Gasteiger partial charge in [-0.25, -0.2) is 4.39 Å². The standard InChI is InChI=1S/C15H23FNO/c1-13-7-6-8-14(16)15(13)18-12-11-17(2)9-4-3-5-10-17/h6-8H,3-5,9-12H2,1-2H3/q+1. The van der Waals surface area contributed by atoms with Crippen molar-refractivity contribution in [1.82, 2.24) is 0 Å². The largest absolute Gasteiger partial charge is 0.484 e. The minimum absolute atomic E-state index is 0.253. The average molecular weight is 252 g/mol. The van der Waals surface area contributed by atoms with Crippen molar-refractivity contribution in [1.29, 1.82) is 0 Å². The van der Waals surface area contributed by atoms with E-state index in [1.165, 1.54) is 38.4 Å². The summed E-state index contributed by atoms with van der Waals surface area (Å²) in [6, 6.07) is 5.06. The monoisotopic (exact) mass is 252 g/mol. The summed E-state index contributed by atoms with van der Waals surface area (Å²) in [5.41, 5.74) is 0.872. The van der Waals surface area contributed by atoms with Crippen LogP contribution >= 0.6 is 0 Å². The smallest absolute Gasteiger partial charge is 0.165 e. The molecule has 1 aliphatic heterocycles. The van der Waals surface area contributed by atoms with Crippen LogP contribution in [0.4, 0.5) is 4.39 Å². The lowest BCUT2D eigenvalue weighted by atomic mass is 10.1. The van der Waals surface area contributed by atoms with E-state index in [2.05, 4.69) is 7.05 Å².